The van der Waals surface area contributed by atoms with Crippen molar-refractivity contribution in [2.24, 2.45) is 5.73 Å². The van der Waals surface area contributed by atoms with Crippen molar-refractivity contribution < 1.29 is 0 Å². The van der Waals surface area contributed by atoms with Crippen LogP contribution in [0.4, 0.5) is 0 Å². The number of benzene rings is 1. The van der Waals surface area contributed by atoms with Crippen LogP contribution >= 0.6 is 67.8 Å². The molecule has 0 aromatic heterocycles. The molecular weight excluding hydrogens is 503 g/mol. The summed E-state index contributed by atoms with van der Waals surface area (Å²) in [7, 11) is 0. The van der Waals surface area contributed by atoms with Crippen molar-refractivity contribution in [3.05, 3.63) is 28.4 Å². The van der Waals surface area contributed by atoms with E-state index in [2.05, 4.69) is 79.9 Å². The summed E-state index contributed by atoms with van der Waals surface area (Å²) in [6.07, 6.45) is 2.17. The summed E-state index contributed by atoms with van der Waals surface area (Å²) in [6, 6.07) is 4.45. The first-order chi connectivity index (χ1) is 6.15. The van der Waals surface area contributed by atoms with E-state index in [0.29, 0.717) is 0 Å². The molecule has 0 heterocycles. The highest BCUT2D eigenvalue weighted by atomic mass is 127. The Morgan fingerprint density at radius 3 is 2.46 bits per heavy atom. The molecule has 72 valence electrons. The summed E-state index contributed by atoms with van der Waals surface area (Å²) in [5.74, 6) is 0. The second-order valence-electron chi connectivity index (χ2n) is 2.75. The van der Waals surface area contributed by atoms with Crippen molar-refractivity contribution in [1.82, 2.24) is 0 Å². The topological polar surface area (TPSA) is 26.0 Å². The van der Waals surface area contributed by atoms with Crippen LogP contribution < -0.4 is 5.73 Å². The van der Waals surface area contributed by atoms with Gasteiger partial charge in [0, 0.05) is 10.7 Å². The van der Waals surface area contributed by atoms with Gasteiger partial charge in [0.05, 0.1) is 0 Å². The van der Waals surface area contributed by atoms with Crippen molar-refractivity contribution in [3.8, 4) is 0 Å². The van der Waals surface area contributed by atoms with Gasteiger partial charge in [-0.15, -0.1) is 0 Å². The maximum absolute atomic E-state index is 5.50. The smallest absolute Gasteiger partial charge is 0.0296 e. The minimum Gasteiger partial charge on any atom is -0.330 e. The molecule has 0 saturated heterocycles. The number of rotatable bonds is 3. The van der Waals surface area contributed by atoms with Crippen molar-refractivity contribution in [3.63, 3.8) is 0 Å². The third-order valence-corrected chi connectivity index (χ3v) is 5.50. The van der Waals surface area contributed by atoms with Crippen LogP contribution in [-0.4, -0.2) is 6.54 Å². The number of nitrogens with two attached hydrogens (primary N) is 1. The highest BCUT2D eigenvalue weighted by molar-refractivity contribution is 14.1. The molecule has 0 aliphatic heterocycles. The van der Waals surface area contributed by atoms with Gasteiger partial charge < -0.3 is 5.73 Å². The maximum atomic E-state index is 5.50. The highest BCUT2D eigenvalue weighted by Crippen LogP contribution is 2.23. The summed E-state index contributed by atoms with van der Waals surface area (Å²) >= 11 is 7.15. The van der Waals surface area contributed by atoms with E-state index < -0.39 is 0 Å². The molecule has 0 aliphatic carbocycles. The molecule has 1 nitrogen and oxygen atoms in total. The molecule has 0 spiro atoms. The van der Waals surface area contributed by atoms with Crippen LogP contribution in [-0.2, 0) is 6.42 Å². The van der Waals surface area contributed by atoms with E-state index in [1.807, 2.05) is 0 Å². The van der Waals surface area contributed by atoms with Crippen LogP contribution in [0.15, 0.2) is 12.1 Å². The lowest BCUT2D eigenvalue weighted by atomic mass is 10.1. The van der Waals surface area contributed by atoms with Gasteiger partial charge in [-0.3, -0.25) is 0 Å². The van der Waals surface area contributed by atoms with Crippen molar-refractivity contribution in [2.75, 3.05) is 6.54 Å². The monoisotopic (exact) mass is 513 g/mol. The summed E-state index contributed by atoms with van der Waals surface area (Å²) in [5, 5.41) is 0. The quantitative estimate of drug-likeness (QED) is 0.488. The molecule has 4 heteroatoms. The summed E-state index contributed by atoms with van der Waals surface area (Å²) in [4.78, 5) is 0. The van der Waals surface area contributed by atoms with E-state index in [1.54, 1.807) is 0 Å². The van der Waals surface area contributed by atoms with Crippen LogP contribution in [0.25, 0.3) is 0 Å². The van der Waals surface area contributed by atoms with Gasteiger partial charge >= 0.3 is 0 Å². The number of halogens is 3. The molecule has 0 unspecified atom stereocenters. The highest BCUT2D eigenvalue weighted by Gasteiger charge is 2.04. The molecule has 0 fully saturated rings. The van der Waals surface area contributed by atoms with Crippen molar-refractivity contribution in [2.45, 2.75) is 12.8 Å². The Bertz CT molecular complexity index is 299. The molecule has 13 heavy (non-hydrogen) atoms. The summed E-state index contributed by atoms with van der Waals surface area (Å²) in [6.45, 7) is 0.776. The zero-order valence-electron chi connectivity index (χ0n) is 6.99. The Kier molecular flexibility index (Phi) is 5.80. The summed E-state index contributed by atoms with van der Waals surface area (Å²) < 4.78 is 4.04. The Hall–Kier alpha value is 1.37. The van der Waals surface area contributed by atoms with Gasteiger partial charge in [0.15, 0.2) is 0 Å². The second-order valence-corrected chi connectivity index (χ2v) is 6.24. The minimum atomic E-state index is 0.776. The zero-order chi connectivity index (χ0) is 9.84. The molecule has 0 radical (unpaired) electrons. The van der Waals surface area contributed by atoms with Gasteiger partial charge in [-0.1, -0.05) is 0 Å². The van der Waals surface area contributed by atoms with Crippen LogP contribution in [0, 0.1) is 10.7 Å². The Labute approximate surface area is 120 Å². The van der Waals surface area contributed by atoms with Gasteiger partial charge in [-0.05, 0) is 105 Å². The van der Waals surface area contributed by atoms with E-state index in [4.69, 9.17) is 5.73 Å². The zero-order valence-corrected chi connectivity index (χ0v) is 13.5. The van der Waals surface area contributed by atoms with Crippen LogP contribution in [0.3, 0.4) is 0 Å². The fourth-order valence-corrected chi connectivity index (χ4v) is 3.63. The fraction of sp³-hybridized carbons (Fsp3) is 0.333. The van der Waals surface area contributed by atoms with Gasteiger partial charge in [0.1, 0.15) is 0 Å². The van der Waals surface area contributed by atoms with Crippen LogP contribution in [0.5, 0.6) is 0 Å². The molecule has 1 rings (SSSR count). The van der Waals surface area contributed by atoms with Gasteiger partial charge in [-0.2, -0.15) is 0 Å². The third kappa shape index (κ3) is 3.78. The van der Waals surface area contributed by atoms with E-state index in [9.17, 15) is 0 Å². The SMILES string of the molecule is NCCCc1cc(I)cc(I)c1I. The lowest BCUT2D eigenvalue weighted by Gasteiger charge is -2.06. The lowest BCUT2D eigenvalue weighted by Crippen LogP contribution is -2.02. The Morgan fingerprint density at radius 1 is 1.15 bits per heavy atom. The molecule has 1 aromatic carbocycles. The maximum Gasteiger partial charge on any atom is 0.0296 e. The van der Waals surface area contributed by atoms with E-state index in [0.717, 1.165) is 19.4 Å². The standard InChI is InChI=1S/C9H10I3N/c10-7-4-6(2-1-3-13)9(12)8(11)5-7/h4-5H,1-3,13H2. The summed E-state index contributed by atoms with van der Waals surface area (Å²) in [5.41, 5.74) is 6.93. The van der Waals surface area contributed by atoms with E-state index in [-0.39, 0.29) is 0 Å². The van der Waals surface area contributed by atoms with Gasteiger partial charge in [0.2, 0.25) is 0 Å². The first-order valence-electron chi connectivity index (χ1n) is 3.98. The first-order valence-corrected chi connectivity index (χ1v) is 7.22. The number of aryl methyl sites for hydroxylation is 1. The molecule has 0 bridgehead atoms. The molecular formula is C9H10I3N. The van der Waals surface area contributed by atoms with Crippen molar-refractivity contribution >= 4 is 67.8 Å². The number of hydrogen-bond acceptors (Lipinski definition) is 1. The van der Waals surface area contributed by atoms with Crippen LogP contribution in [0.2, 0.25) is 0 Å². The first kappa shape index (κ1) is 12.4. The Morgan fingerprint density at radius 2 is 1.85 bits per heavy atom. The fourth-order valence-electron chi connectivity index (χ4n) is 1.08. The van der Waals surface area contributed by atoms with Gasteiger partial charge in [-0.25, -0.2) is 0 Å². The predicted octanol–water partition coefficient (Wildman–Crippen LogP) is 3.39. The lowest BCUT2D eigenvalue weighted by molar-refractivity contribution is 0.828. The van der Waals surface area contributed by atoms with Gasteiger partial charge in [0.25, 0.3) is 0 Å². The predicted molar refractivity (Wildman–Crippen MR) is 82.0 cm³/mol. The van der Waals surface area contributed by atoms with E-state index in [1.165, 1.54) is 16.3 Å². The largest absolute Gasteiger partial charge is 0.330 e. The number of hydrogen-bond donors (Lipinski definition) is 1. The molecule has 0 saturated carbocycles. The molecule has 1 aromatic rings. The average Bonchev–Trinajstić information content (AvgIpc) is 2.09. The second kappa shape index (κ2) is 6.06. The Balaban J connectivity index is 2.92. The third-order valence-electron chi connectivity index (χ3n) is 1.72. The molecule has 0 atom stereocenters. The molecule has 2 N–H and O–H groups in total. The minimum absolute atomic E-state index is 0.776. The van der Waals surface area contributed by atoms with E-state index >= 15 is 0 Å². The molecule has 0 amide bonds. The molecule has 0 aliphatic rings. The van der Waals surface area contributed by atoms with Crippen LogP contribution in [0.1, 0.15) is 12.0 Å². The normalized spacial score (nSPS) is 10.5. The average molecular weight is 513 g/mol. The van der Waals surface area contributed by atoms with Crippen molar-refractivity contribution in [1.29, 1.82) is 0 Å².